The number of carbonyl (C=O) groups is 1. The quantitative estimate of drug-likeness (QED) is 0.149. The first kappa shape index (κ1) is 39.2. The molecule has 0 aromatic carbocycles. The molecule has 1 fully saturated rings. The van der Waals surface area contributed by atoms with Crippen molar-refractivity contribution in [3.05, 3.63) is 0 Å². The summed E-state index contributed by atoms with van der Waals surface area (Å²) in [5, 5.41) is 53.6. The molecule has 1 aliphatic rings. The van der Waals surface area contributed by atoms with Crippen LogP contribution in [0, 0.1) is 23.7 Å². The van der Waals surface area contributed by atoms with E-state index in [9.17, 15) is 30.3 Å². The normalized spacial score (nSPS) is 28.9. The van der Waals surface area contributed by atoms with Crippen molar-refractivity contribution in [1.82, 2.24) is 9.80 Å². The van der Waals surface area contributed by atoms with Gasteiger partial charge in [0.15, 0.2) is 6.29 Å². The van der Waals surface area contributed by atoms with Gasteiger partial charge in [0.2, 0.25) is 0 Å². The summed E-state index contributed by atoms with van der Waals surface area (Å²) in [5.41, 5.74) is -1.16. The van der Waals surface area contributed by atoms with E-state index in [0.29, 0.717) is 25.8 Å². The summed E-state index contributed by atoms with van der Waals surface area (Å²) in [4.78, 5) is 16.3. The van der Waals surface area contributed by atoms with Crippen molar-refractivity contribution < 1.29 is 39.8 Å². The molecule has 0 amide bonds. The van der Waals surface area contributed by atoms with Gasteiger partial charge in [0, 0.05) is 31.0 Å². The van der Waals surface area contributed by atoms with Crippen LogP contribution in [0.4, 0.5) is 0 Å². The van der Waals surface area contributed by atoms with Crippen molar-refractivity contribution in [2.24, 2.45) is 23.7 Å². The SMILES string of the molecule is CCCC(C)(O)[C@H](O)[C@@H](C)N(C)C[C@H](C)C[C@H](C)C(O)[C@@H](C)C(O[C@H]1CC(N(CC)CC)[C@H](O)C(C)O1)[C@@H](C)C(=O)O. The van der Waals surface area contributed by atoms with Gasteiger partial charge >= 0.3 is 5.97 Å². The molecule has 0 bridgehead atoms. The molecule has 1 saturated heterocycles. The number of aliphatic carboxylic acids is 1. The van der Waals surface area contributed by atoms with Crippen LogP contribution in [0.1, 0.15) is 94.9 Å². The second-order valence-corrected chi connectivity index (χ2v) is 13.4. The third kappa shape index (κ3) is 10.6. The molecule has 0 spiro atoms. The minimum absolute atomic E-state index is 0.143. The molecule has 42 heavy (non-hydrogen) atoms. The van der Waals surface area contributed by atoms with Crippen LogP contribution in [0.15, 0.2) is 0 Å². The first-order valence-electron chi connectivity index (χ1n) is 16.2. The molecule has 0 saturated carbocycles. The predicted octanol–water partition coefficient (Wildman–Crippen LogP) is 3.19. The average Bonchev–Trinajstić information content (AvgIpc) is 2.92. The summed E-state index contributed by atoms with van der Waals surface area (Å²) in [7, 11) is 1.93. The van der Waals surface area contributed by atoms with Crippen LogP contribution in [0.3, 0.4) is 0 Å². The van der Waals surface area contributed by atoms with E-state index >= 15 is 0 Å². The van der Waals surface area contributed by atoms with Crippen molar-refractivity contribution in [1.29, 1.82) is 0 Å². The highest BCUT2D eigenvalue weighted by Gasteiger charge is 2.43. The first-order chi connectivity index (χ1) is 19.4. The van der Waals surface area contributed by atoms with Crippen LogP contribution in [0.5, 0.6) is 0 Å². The molecule has 5 unspecified atom stereocenters. The Hall–Kier alpha value is -0.850. The highest BCUT2D eigenvalue weighted by molar-refractivity contribution is 5.70. The zero-order chi connectivity index (χ0) is 32.5. The van der Waals surface area contributed by atoms with E-state index in [4.69, 9.17) is 9.47 Å². The van der Waals surface area contributed by atoms with E-state index in [1.165, 1.54) is 0 Å². The van der Waals surface area contributed by atoms with E-state index in [1.54, 1.807) is 20.8 Å². The van der Waals surface area contributed by atoms with Crippen LogP contribution in [0.25, 0.3) is 0 Å². The Labute approximate surface area is 255 Å². The summed E-state index contributed by atoms with van der Waals surface area (Å²) in [6.07, 6.45) is -1.96. The molecule has 5 N–H and O–H groups in total. The van der Waals surface area contributed by atoms with Gasteiger partial charge in [0.25, 0.3) is 0 Å². The Bertz CT molecular complexity index is 780. The van der Waals surface area contributed by atoms with Crippen molar-refractivity contribution >= 4 is 5.97 Å². The van der Waals surface area contributed by atoms with Gasteiger partial charge in [-0.3, -0.25) is 9.69 Å². The standard InChI is InChI=1S/C32H64N2O8/c1-12-15-32(10,40)30(37)23(8)33(11)18-19(4)16-20(5)27(35)21(6)29(22(7)31(38)39)42-26-17-25(34(13-2)14-3)28(36)24(9)41-26/h19-30,35-37,40H,12-18H2,1-11H3,(H,38,39)/t19-,20+,21-,22-,23-,24?,25?,26+,27?,28-,29?,30-,32?/m1/s1. The number of rotatable bonds is 19. The molecular weight excluding hydrogens is 540 g/mol. The predicted molar refractivity (Wildman–Crippen MR) is 165 cm³/mol. The number of nitrogens with zero attached hydrogens (tertiary/aromatic N) is 2. The van der Waals surface area contributed by atoms with Crippen molar-refractivity contribution in [3.63, 3.8) is 0 Å². The molecule has 10 heteroatoms. The Morgan fingerprint density at radius 1 is 1.10 bits per heavy atom. The highest BCUT2D eigenvalue weighted by Crippen LogP contribution is 2.32. The molecule has 0 aromatic heterocycles. The second-order valence-electron chi connectivity index (χ2n) is 13.4. The Kier molecular flexibility index (Phi) is 16.4. The van der Waals surface area contributed by atoms with Gasteiger partial charge in [0.1, 0.15) is 0 Å². The van der Waals surface area contributed by atoms with Crippen LogP contribution >= 0.6 is 0 Å². The molecule has 0 aliphatic carbocycles. The summed E-state index contributed by atoms with van der Waals surface area (Å²) >= 11 is 0. The van der Waals surface area contributed by atoms with Crippen molar-refractivity contribution in [2.45, 2.75) is 149 Å². The van der Waals surface area contributed by atoms with E-state index < -0.39 is 60.2 Å². The lowest BCUT2D eigenvalue weighted by Crippen LogP contribution is -2.56. The third-order valence-corrected chi connectivity index (χ3v) is 9.71. The molecule has 1 heterocycles. The smallest absolute Gasteiger partial charge is 0.308 e. The number of hydrogen-bond acceptors (Lipinski definition) is 9. The third-order valence-electron chi connectivity index (χ3n) is 9.71. The van der Waals surface area contributed by atoms with Crippen LogP contribution in [-0.4, -0.2) is 122 Å². The fourth-order valence-electron chi connectivity index (χ4n) is 6.82. The maximum Gasteiger partial charge on any atom is 0.308 e. The van der Waals surface area contributed by atoms with Gasteiger partial charge in [-0.2, -0.15) is 0 Å². The van der Waals surface area contributed by atoms with Gasteiger partial charge in [-0.05, 0) is 72.5 Å². The molecule has 250 valence electrons. The number of aliphatic hydroxyl groups excluding tert-OH is 3. The summed E-state index contributed by atoms with van der Waals surface area (Å²) < 4.78 is 12.3. The van der Waals surface area contributed by atoms with E-state index in [1.807, 2.05) is 53.5 Å². The van der Waals surface area contributed by atoms with Crippen LogP contribution in [0.2, 0.25) is 0 Å². The number of hydrogen-bond donors (Lipinski definition) is 5. The Balaban J connectivity index is 2.94. The van der Waals surface area contributed by atoms with Crippen molar-refractivity contribution in [3.8, 4) is 0 Å². The van der Waals surface area contributed by atoms with Crippen LogP contribution in [-0.2, 0) is 14.3 Å². The zero-order valence-corrected chi connectivity index (χ0v) is 28.2. The lowest BCUT2D eigenvalue weighted by Gasteiger charge is -2.44. The first-order valence-corrected chi connectivity index (χ1v) is 16.2. The second kappa shape index (κ2) is 17.6. The minimum atomic E-state index is -1.16. The van der Waals surface area contributed by atoms with Gasteiger partial charge in [-0.15, -0.1) is 0 Å². The van der Waals surface area contributed by atoms with E-state index in [2.05, 4.69) is 11.8 Å². The van der Waals surface area contributed by atoms with E-state index in [-0.39, 0.29) is 23.9 Å². The Morgan fingerprint density at radius 2 is 1.67 bits per heavy atom. The molecule has 1 aliphatic heterocycles. The lowest BCUT2D eigenvalue weighted by molar-refractivity contribution is -0.266. The molecule has 10 nitrogen and oxygen atoms in total. The summed E-state index contributed by atoms with van der Waals surface area (Å²) in [6, 6.07) is -0.419. The fourth-order valence-corrected chi connectivity index (χ4v) is 6.82. The number of ether oxygens (including phenoxy) is 2. The van der Waals surface area contributed by atoms with Crippen molar-refractivity contribution in [2.75, 3.05) is 26.7 Å². The monoisotopic (exact) mass is 604 g/mol. The Morgan fingerprint density at radius 3 is 2.17 bits per heavy atom. The minimum Gasteiger partial charge on any atom is -0.481 e. The van der Waals surface area contributed by atoms with Gasteiger partial charge in [0.05, 0.1) is 42.0 Å². The summed E-state index contributed by atoms with van der Waals surface area (Å²) in [5.74, 6) is -2.33. The lowest BCUT2D eigenvalue weighted by atomic mass is 9.81. The molecule has 1 rings (SSSR count). The maximum atomic E-state index is 12.1. The molecule has 0 radical (unpaired) electrons. The molecule has 0 aromatic rings. The van der Waals surface area contributed by atoms with Gasteiger partial charge in [-0.1, -0.05) is 48.0 Å². The topological polar surface area (TPSA) is 143 Å². The average molecular weight is 605 g/mol. The number of aliphatic hydroxyl groups is 4. The van der Waals surface area contributed by atoms with Crippen LogP contribution < -0.4 is 0 Å². The molecule has 13 atom stereocenters. The van der Waals surface area contributed by atoms with Gasteiger partial charge < -0.3 is 39.9 Å². The fraction of sp³-hybridized carbons (Fsp3) is 0.969. The molecular formula is C32H64N2O8. The number of likely N-dealkylation sites (N-methyl/N-ethyl adjacent to an activating group) is 2. The van der Waals surface area contributed by atoms with E-state index in [0.717, 1.165) is 19.5 Å². The number of carboxylic acid groups (broad SMARTS) is 1. The van der Waals surface area contributed by atoms with Gasteiger partial charge in [-0.25, -0.2) is 0 Å². The largest absolute Gasteiger partial charge is 0.481 e. The summed E-state index contributed by atoms with van der Waals surface area (Å²) in [6.45, 7) is 21.1. The maximum absolute atomic E-state index is 12.1. The number of carboxylic acids is 1. The highest BCUT2D eigenvalue weighted by atomic mass is 16.7. The zero-order valence-electron chi connectivity index (χ0n) is 28.2.